The van der Waals surface area contributed by atoms with E-state index < -0.39 is 37.5 Å². The fourth-order valence-electron chi connectivity index (χ4n) is 1.93. The van der Waals surface area contributed by atoms with E-state index in [0.29, 0.717) is 6.07 Å². The summed E-state index contributed by atoms with van der Waals surface area (Å²) < 4.78 is 39.8. The lowest BCUT2D eigenvalue weighted by atomic mass is 10.2. The molecule has 1 fully saturated rings. The Morgan fingerprint density at radius 1 is 1.52 bits per heavy atom. The van der Waals surface area contributed by atoms with Crippen molar-refractivity contribution in [2.24, 2.45) is 5.92 Å². The summed E-state index contributed by atoms with van der Waals surface area (Å²) in [6, 6.07) is 1.70. The fourth-order valence-corrected chi connectivity index (χ4v) is 3.09. The minimum atomic E-state index is -4.04. The molecule has 21 heavy (non-hydrogen) atoms. The predicted octanol–water partition coefficient (Wildman–Crippen LogP) is 1.09. The topological polar surface area (TPSA) is 110 Å². The maximum Gasteiger partial charge on any atom is 0.306 e. The molecule has 1 unspecified atom stereocenters. The number of nitro benzene ring substituents is 1. The van der Waals surface area contributed by atoms with Gasteiger partial charge in [0.2, 0.25) is 15.8 Å². The SMILES string of the molecule is Cc1cc(S(=O)(=O)NCC(O)C2CC2)cc([N+](=O)[O-])c1F. The minimum absolute atomic E-state index is 0.0944. The summed E-state index contributed by atoms with van der Waals surface area (Å²) in [5.74, 6) is -0.964. The van der Waals surface area contributed by atoms with Gasteiger partial charge in [0.25, 0.3) is 0 Å². The Morgan fingerprint density at radius 3 is 2.67 bits per heavy atom. The molecule has 7 nitrogen and oxygen atoms in total. The molecule has 0 heterocycles. The summed E-state index contributed by atoms with van der Waals surface area (Å²) in [6.45, 7) is 1.08. The second-order valence-corrected chi connectivity index (χ2v) is 6.85. The molecular formula is C12H15FN2O5S. The van der Waals surface area contributed by atoms with Crippen LogP contribution >= 0.6 is 0 Å². The molecule has 1 aliphatic rings. The van der Waals surface area contributed by atoms with Gasteiger partial charge in [-0.15, -0.1) is 0 Å². The first kappa shape index (κ1) is 15.8. The highest BCUT2D eigenvalue weighted by atomic mass is 32.2. The van der Waals surface area contributed by atoms with E-state index in [2.05, 4.69) is 4.72 Å². The third-order valence-electron chi connectivity index (χ3n) is 3.36. The molecule has 0 radical (unpaired) electrons. The molecule has 116 valence electrons. The molecule has 1 atom stereocenters. The normalized spacial score (nSPS) is 16.7. The van der Waals surface area contributed by atoms with E-state index in [1.807, 2.05) is 0 Å². The molecule has 1 aromatic rings. The number of aryl methyl sites for hydroxylation is 1. The Morgan fingerprint density at radius 2 is 2.14 bits per heavy atom. The van der Waals surface area contributed by atoms with Crippen LogP contribution < -0.4 is 4.72 Å². The molecule has 2 N–H and O–H groups in total. The van der Waals surface area contributed by atoms with E-state index in [0.717, 1.165) is 18.9 Å². The molecule has 2 rings (SSSR count). The van der Waals surface area contributed by atoms with Crippen LogP contribution in [0, 0.1) is 28.8 Å². The van der Waals surface area contributed by atoms with E-state index in [4.69, 9.17) is 0 Å². The van der Waals surface area contributed by atoms with Crippen molar-refractivity contribution in [3.05, 3.63) is 33.6 Å². The molecule has 0 aliphatic heterocycles. The summed E-state index contributed by atoms with van der Waals surface area (Å²) in [4.78, 5) is 9.36. The molecule has 1 saturated carbocycles. The highest BCUT2D eigenvalue weighted by molar-refractivity contribution is 7.89. The van der Waals surface area contributed by atoms with Crippen LogP contribution in [0.25, 0.3) is 0 Å². The number of hydrogen-bond acceptors (Lipinski definition) is 5. The number of benzene rings is 1. The van der Waals surface area contributed by atoms with Crippen LogP contribution in [0.15, 0.2) is 17.0 Å². The first-order chi connectivity index (χ1) is 9.72. The van der Waals surface area contributed by atoms with Gasteiger partial charge >= 0.3 is 5.69 Å². The lowest BCUT2D eigenvalue weighted by molar-refractivity contribution is -0.387. The Hall–Kier alpha value is -1.58. The number of hydrogen-bond donors (Lipinski definition) is 2. The average Bonchev–Trinajstić information content (AvgIpc) is 3.23. The second-order valence-electron chi connectivity index (χ2n) is 5.09. The van der Waals surface area contributed by atoms with Crippen LogP contribution in [-0.2, 0) is 10.0 Å². The quantitative estimate of drug-likeness (QED) is 0.603. The van der Waals surface area contributed by atoms with Crippen LogP contribution in [-0.4, -0.2) is 31.1 Å². The van der Waals surface area contributed by atoms with Gasteiger partial charge in [-0.25, -0.2) is 13.1 Å². The number of aliphatic hydroxyl groups excluding tert-OH is 1. The van der Waals surface area contributed by atoms with E-state index in [1.54, 1.807) is 0 Å². The molecular weight excluding hydrogens is 303 g/mol. The van der Waals surface area contributed by atoms with Crippen molar-refractivity contribution in [1.29, 1.82) is 0 Å². The van der Waals surface area contributed by atoms with Crippen molar-refractivity contribution in [3.8, 4) is 0 Å². The third-order valence-corrected chi connectivity index (χ3v) is 4.77. The fraction of sp³-hybridized carbons (Fsp3) is 0.500. The maximum atomic E-state index is 13.6. The van der Waals surface area contributed by atoms with E-state index in [1.165, 1.54) is 6.92 Å². The molecule has 0 aromatic heterocycles. The summed E-state index contributed by atoms with van der Waals surface area (Å²) in [7, 11) is -4.04. The Balaban J connectivity index is 2.24. The zero-order chi connectivity index (χ0) is 15.8. The van der Waals surface area contributed by atoms with Gasteiger partial charge in [-0.05, 0) is 37.3 Å². The number of nitrogens with zero attached hydrogens (tertiary/aromatic N) is 1. The van der Waals surface area contributed by atoms with Gasteiger partial charge in [-0.2, -0.15) is 4.39 Å². The van der Waals surface area contributed by atoms with Crippen molar-refractivity contribution in [3.63, 3.8) is 0 Å². The smallest absolute Gasteiger partial charge is 0.306 e. The molecule has 1 aliphatic carbocycles. The molecule has 9 heteroatoms. The molecule has 0 amide bonds. The Bertz CT molecular complexity index is 672. The van der Waals surface area contributed by atoms with Crippen LogP contribution in [0.5, 0.6) is 0 Å². The summed E-state index contributed by atoms with van der Waals surface area (Å²) in [6.07, 6.45) is 0.921. The number of nitro groups is 1. The van der Waals surface area contributed by atoms with Gasteiger partial charge < -0.3 is 5.11 Å². The Kier molecular flexibility index (Phi) is 4.26. The van der Waals surface area contributed by atoms with Crippen molar-refractivity contribution in [2.75, 3.05) is 6.54 Å². The average molecular weight is 318 g/mol. The number of aliphatic hydroxyl groups is 1. The number of nitrogens with one attached hydrogen (secondary N) is 1. The van der Waals surface area contributed by atoms with E-state index >= 15 is 0 Å². The summed E-state index contributed by atoms with van der Waals surface area (Å²) >= 11 is 0. The second kappa shape index (κ2) is 5.66. The van der Waals surface area contributed by atoms with Gasteiger partial charge in [0, 0.05) is 12.6 Å². The van der Waals surface area contributed by atoms with E-state index in [9.17, 15) is 28.0 Å². The highest BCUT2D eigenvalue weighted by Crippen LogP contribution is 2.32. The minimum Gasteiger partial charge on any atom is -0.391 e. The first-order valence-corrected chi connectivity index (χ1v) is 7.83. The van der Waals surface area contributed by atoms with Crippen LogP contribution in [0.4, 0.5) is 10.1 Å². The molecule has 1 aromatic carbocycles. The highest BCUT2D eigenvalue weighted by Gasteiger charge is 2.31. The Labute approximate surface area is 121 Å². The maximum absolute atomic E-state index is 13.6. The van der Waals surface area contributed by atoms with Gasteiger partial charge in [0.1, 0.15) is 0 Å². The molecule has 0 bridgehead atoms. The van der Waals surface area contributed by atoms with Gasteiger partial charge in [-0.3, -0.25) is 10.1 Å². The third kappa shape index (κ3) is 3.55. The van der Waals surface area contributed by atoms with Crippen LogP contribution in [0.3, 0.4) is 0 Å². The predicted molar refractivity (Wildman–Crippen MR) is 71.7 cm³/mol. The summed E-state index contributed by atoms with van der Waals surface area (Å²) in [5.41, 5.74) is -1.02. The zero-order valence-corrected chi connectivity index (χ0v) is 12.1. The van der Waals surface area contributed by atoms with Gasteiger partial charge in [0.05, 0.1) is 15.9 Å². The van der Waals surface area contributed by atoms with Gasteiger partial charge in [0.15, 0.2) is 0 Å². The lowest BCUT2D eigenvalue weighted by Crippen LogP contribution is -2.33. The lowest BCUT2D eigenvalue weighted by Gasteiger charge is -2.12. The monoisotopic (exact) mass is 318 g/mol. The number of halogens is 1. The molecule has 0 saturated heterocycles. The first-order valence-electron chi connectivity index (χ1n) is 6.34. The van der Waals surface area contributed by atoms with E-state index in [-0.39, 0.29) is 18.0 Å². The van der Waals surface area contributed by atoms with Crippen molar-refractivity contribution < 1.29 is 22.8 Å². The van der Waals surface area contributed by atoms with Crippen molar-refractivity contribution in [2.45, 2.75) is 30.8 Å². The zero-order valence-electron chi connectivity index (χ0n) is 11.2. The van der Waals surface area contributed by atoms with Crippen LogP contribution in [0.2, 0.25) is 0 Å². The number of sulfonamides is 1. The van der Waals surface area contributed by atoms with Crippen molar-refractivity contribution in [1.82, 2.24) is 4.72 Å². The standard InChI is InChI=1S/C12H15FN2O5S/c1-7-4-9(5-10(12(7)13)15(17)18)21(19,20)14-6-11(16)8-2-3-8/h4-5,8,11,14,16H,2-3,6H2,1H3. The largest absolute Gasteiger partial charge is 0.391 e. The van der Waals surface area contributed by atoms with Gasteiger partial charge in [-0.1, -0.05) is 0 Å². The molecule has 0 spiro atoms. The summed E-state index contributed by atoms with van der Waals surface area (Å²) in [5, 5.41) is 20.4. The van der Waals surface area contributed by atoms with Crippen molar-refractivity contribution >= 4 is 15.7 Å². The number of rotatable bonds is 6. The van der Waals surface area contributed by atoms with Crippen LogP contribution in [0.1, 0.15) is 18.4 Å².